The Balaban J connectivity index is 1.32. The van der Waals surface area contributed by atoms with Crippen molar-refractivity contribution in [2.45, 2.75) is 13.0 Å². The second-order valence-electron chi connectivity index (χ2n) is 8.68. The Morgan fingerprint density at radius 1 is 1.24 bits per heavy atom. The number of pyridine rings is 2. The number of carbonyl (C=O) groups is 1. The van der Waals surface area contributed by atoms with Crippen LogP contribution in [0.1, 0.15) is 5.56 Å². The number of piperidine rings is 1. The molecule has 6 rings (SSSR count). The molecule has 5 N–H and O–H groups in total. The minimum Gasteiger partial charge on any atom is -0.474 e. The number of ether oxygens (including phenoxy) is 2. The topological polar surface area (TPSA) is 123 Å². The van der Waals surface area contributed by atoms with E-state index in [0.717, 1.165) is 24.3 Å². The fourth-order valence-electron chi connectivity index (χ4n) is 4.85. The average Bonchev–Trinajstić information content (AvgIpc) is 3.22. The van der Waals surface area contributed by atoms with Crippen molar-refractivity contribution in [3.8, 4) is 17.0 Å². The van der Waals surface area contributed by atoms with E-state index >= 15 is 4.39 Å². The van der Waals surface area contributed by atoms with Crippen LogP contribution in [0.5, 0.6) is 5.88 Å². The van der Waals surface area contributed by atoms with Crippen LogP contribution in [0.15, 0.2) is 24.5 Å². The van der Waals surface area contributed by atoms with Crippen molar-refractivity contribution in [3.63, 3.8) is 0 Å². The summed E-state index contributed by atoms with van der Waals surface area (Å²) >= 11 is 0. The number of halogens is 1. The molecule has 2 aliphatic heterocycles. The molecule has 1 saturated carbocycles. The van der Waals surface area contributed by atoms with Crippen LogP contribution in [0.3, 0.4) is 0 Å². The summed E-state index contributed by atoms with van der Waals surface area (Å²) in [6.45, 7) is 4.82. The fourth-order valence-corrected chi connectivity index (χ4v) is 4.85. The summed E-state index contributed by atoms with van der Waals surface area (Å²) in [6.07, 6.45) is 2.46. The number of fused-ring (bicyclic) bond motifs is 3. The number of benzene rings is 1. The van der Waals surface area contributed by atoms with Gasteiger partial charge in [0.2, 0.25) is 5.88 Å². The van der Waals surface area contributed by atoms with Crippen LogP contribution in [-0.4, -0.2) is 48.4 Å². The molecule has 2 fully saturated rings. The third-order valence-electron chi connectivity index (χ3n) is 6.72. The molecule has 2 atom stereocenters. The molecule has 0 bridgehead atoms. The Bertz CT molecular complexity index is 1290. The Hall–Kier alpha value is -3.66. The van der Waals surface area contributed by atoms with E-state index in [9.17, 15) is 4.79 Å². The van der Waals surface area contributed by atoms with Crippen molar-refractivity contribution in [2.24, 2.45) is 11.8 Å². The highest BCUT2D eigenvalue weighted by molar-refractivity contribution is 5.99. The zero-order valence-corrected chi connectivity index (χ0v) is 17.9. The number of nitrogens with zero attached hydrogens (tertiary/aromatic N) is 2. The van der Waals surface area contributed by atoms with Crippen LogP contribution >= 0.6 is 0 Å². The van der Waals surface area contributed by atoms with E-state index in [1.165, 1.54) is 6.20 Å². The van der Waals surface area contributed by atoms with E-state index < -0.39 is 11.9 Å². The summed E-state index contributed by atoms with van der Waals surface area (Å²) in [5.41, 5.74) is 8.61. The van der Waals surface area contributed by atoms with Crippen LogP contribution in [-0.2, 0) is 4.74 Å². The zero-order chi connectivity index (χ0) is 22.7. The summed E-state index contributed by atoms with van der Waals surface area (Å²) < 4.78 is 26.4. The Labute approximate surface area is 188 Å². The lowest BCUT2D eigenvalue weighted by Crippen LogP contribution is -2.23. The van der Waals surface area contributed by atoms with Crippen LogP contribution in [0.2, 0.25) is 0 Å². The van der Waals surface area contributed by atoms with Crippen molar-refractivity contribution in [1.82, 2.24) is 15.3 Å². The molecule has 0 radical (unpaired) electrons. The van der Waals surface area contributed by atoms with Crippen molar-refractivity contribution in [1.29, 1.82) is 0 Å². The molecule has 170 valence electrons. The van der Waals surface area contributed by atoms with E-state index in [4.69, 9.17) is 15.2 Å². The first-order valence-electron chi connectivity index (χ1n) is 10.9. The van der Waals surface area contributed by atoms with Gasteiger partial charge in [-0.15, -0.1) is 0 Å². The lowest BCUT2D eigenvalue weighted by Gasteiger charge is -2.22. The van der Waals surface area contributed by atoms with Gasteiger partial charge in [-0.3, -0.25) is 5.32 Å². The first-order chi connectivity index (χ1) is 16.0. The monoisotopic (exact) mass is 450 g/mol. The number of aromatic nitrogens is 2. The molecule has 3 aliphatic rings. The predicted molar refractivity (Wildman–Crippen MR) is 122 cm³/mol. The highest BCUT2D eigenvalue weighted by Crippen LogP contribution is 2.44. The van der Waals surface area contributed by atoms with Crippen LogP contribution < -0.4 is 26.4 Å². The number of nitrogen functional groups attached to an aromatic ring is 1. The van der Waals surface area contributed by atoms with Gasteiger partial charge in [-0.25, -0.2) is 19.2 Å². The number of hydrogen-bond donors (Lipinski definition) is 4. The van der Waals surface area contributed by atoms with Crippen molar-refractivity contribution in [3.05, 3.63) is 35.9 Å². The van der Waals surface area contributed by atoms with Gasteiger partial charge in [-0.1, -0.05) is 0 Å². The highest BCUT2D eigenvalue weighted by Gasteiger charge is 2.56. The zero-order valence-electron chi connectivity index (χ0n) is 17.9. The SMILES string of the molecule is Cc1c(-c2cc3cc(NC(=O)OC4C5CNCC54)ncc3c(N)c2F)cnc2c1NCCO2. The molecule has 4 heterocycles. The average molecular weight is 450 g/mol. The third kappa shape index (κ3) is 3.29. The van der Waals surface area contributed by atoms with Gasteiger partial charge in [-0.05, 0) is 30.0 Å². The number of hydrogen-bond acceptors (Lipinski definition) is 8. The Morgan fingerprint density at radius 2 is 2.06 bits per heavy atom. The predicted octanol–water partition coefficient (Wildman–Crippen LogP) is 2.90. The van der Waals surface area contributed by atoms with Gasteiger partial charge in [0.1, 0.15) is 24.2 Å². The number of rotatable bonds is 3. The van der Waals surface area contributed by atoms with E-state index in [0.29, 0.717) is 58.6 Å². The Kier molecular flexibility index (Phi) is 4.51. The van der Waals surface area contributed by atoms with Gasteiger partial charge in [0.25, 0.3) is 0 Å². The van der Waals surface area contributed by atoms with E-state index in [1.54, 1.807) is 18.3 Å². The maximum absolute atomic E-state index is 15.3. The molecule has 1 saturated heterocycles. The Morgan fingerprint density at radius 3 is 2.88 bits per heavy atom. The number of anilines is 3. The van der Waals surface area contributed by atoms with Crippen molar-refractivity contribution < 1.29 is 18.7 Å². The molecule has 2 aromatic heterocycles. The van der Waals surface area contributed by atoms with Gasteiger partial charge in [0.05, 0.1) is 5.69 Å². The summed E-state index contributed by atoms with van der Waals surface area (Å²) in [7, 11) is 0. The molecule has 1 amide bonds. The van der Waals surface area contributed by atoms with Gasteiger partial charge >= 0.3 is 6.09 Å². The maximum atomic E-state index is 15.3. The highest BCUT2D eigenvalue weighted by atomic mass is 19.1. The van der Waals surface area contributed by atoms with Gasteiger partial charge in [0.15, 0.2) is 5.82 Å². The molecular formula is C23H23FN6O3. The maximum Gasteiger partial charge on any atom is 0.413 e. The molecule has 3 aromatic rings. The van der Waals surface area contributed by atoms with Crippen LogP contribution in [0.4, 0.5) is 26.4 Å². The first-order valence-corrected chi connectivity index (χ1v) is 10.9. The molecule has 1 aliphatic carbocycles. The van der Waals surface area contributed by atoms with Gasteiger partial charge in [-0.2, -0.15) is 0 Å². The van der Waals surface area contributed by atoms with E-state index in [1.807, 2.05) is 6.92 Å². The molecule has 33 heavy (non-hydrogen) atoms. The van der Waals surface area contributed by atoms with Crippen LogP contribution in [0.25, 0.3) is 21.9 Å². The standard InChI is InChI=1S/C23H23FN6O3/c1-10-13(8-29-22-20(10)27-2-3-32-22)12-4-11-5-17(28-9-14(11)19(25)18(12)24)30-23(31)33-21-15-6-26-7-16(15)21/h4-5,8-9,15-16,21,26-27H,2-3,6-7,25H2,1H3,(H,28,30,31). The molecule has 9 nitrogen and oxygen atoms in total. The molecule has 0 spiro atoms. The second-order valence-corrected chi connectivity index (χ2v) is 8.68. The summed E-state index contributed by atoms with van der Waals surface area (Å²) in [5, 5.41) is 10.3. The van der Waals surface area contributed by atoms with Gasteiger partial charge < -0.3 is 25.8 Å². The number of amides is 1. The fraction of sp³-hybridized carbons (Fsp3) is 0.348. The third-order valence-corrected chi connectivity index (χ3v) is 6.72. The first kappa shape index (κ1) is 20.0. The minimum atomic E-state index is -0.544. The number of nitrogens with two attached hydrogens (primary N) is 1. The smallest absolute Gasteiger partial charge is 0.413 e. The van der Waals surface area contributed by atoms with E-state index in [-0.39, 0.29) is 11.8 Å². The lowest BCUT2D eigenvalue weighted by atomic mass is 9.97. The normalized spacial score (nSPS) is 22.7. The number of carbonyl (C=O) groups excluding carboxylic acids is 1. The van der Waals surface area contributed by atoms with Crippen LogP contribution in [0, 0.1) is 24.6 Å². The van der Waals surface area contributed by atoms with E-state index in [2.05, 4.69) is 25.9 Å². The van der Waals surface area contributed by atoms with Gasteiger partial charge in [0, 0.05) is 60.4 Å². The van der Waals surface area contributed by atoms with Crippen molar-refractivity contribution in [2.75, 3.05) is 42.6 Å². The summed E-state index contributed by atoms with van der Waals surface area (Å²) in [5.74, 6) is 1.07. The molecule has 2 unspecified atom stereocenters. The molecule has 1 aromatic carbocycles. The molecule has 10 heteroatoms. The summed E-state index contributed by atoms with van der Waals surface area (Å²) in [4.78, 5) is 20.9. The number of nitrogens with one attached hydrogen (secondary N) is 3. The second kappa shape index (κ2) is 7.45. The minimum absolute atomic E-state index is 0.0104. The van der Waals surface area contributed by atoms with Crippen molar-refractivity contribution >= 4 is 34.1 Å². The summed E-state index contributed by atoms with van der Waals surface area (Å²) in [6, 6.07) is 3.35. The molecular weight excluding hydrogens is 427 g/mol. The largest absolute Gasteiger partial charge is 0.474 e. The quantitative estimate of drug-likeness (QED) is 0.449. The lowest BCUT2D eigenvalue weighted by molar-refractivity contribution is 0.140.